The summed E-state index contributed by atoms with van der Waals surface area (Å²) in [6.07, 6.45) is 0. The third-order valence-corrected chi connectivity index (χ3v) is 3.64. The van der Waals surface area contributed by atoms with Crippen LogP contribution in [-0.2, 0) is 6.54 Å². The number of thiophene rings is 1. The van der Waals surface area contributed by atoms with E-state index in [4.69, 9.17) is 5.73 Å². The Bertz CT molecular complexity index is 304. The second-order valence-corrected chi connectivity index (χ2v) is 6.07. The van der Waals surface area contributed by atoms with Crippen LogP contribution in [0.5, 0.6) is 0 Å². The molecule has 1 aromatic heterocycles. The van der Waals surface area contributed by atoms with Crippen LogP contribution in [0, 0.1) is 12.3 Å². The molecule has 86 valence electrons. The highest BCUT2D eigenvalue weighted by Gasteiger charge is 2.18. The van der Waals surface area contributed by atoms with Crippen molar-refractivity contribution in [2.45, 2.75) is 27.3 Å². The van der Waals surface area contributed by atoms with Gasteiger partial charge in [0.05, 0.1) is 0 Å². The molecule has 1 heterocycles. The van der Waals surface area contributed by atoms with Crippen molar-refractivity contribution in [3.05, 3.63) is 21.9 Å². The predicted molar refractivity (Wildman–Crippen MR) is 68.2 cm³/mol. The lowest BCUT2D eigenvalue weighted by molar-refractivity contribution is 0.211. The van der Waals surface area contributed by atoms with Crippen molar-refractivity contribution in [3.63, 3.8) is 0 Å². The van der Waals surface area contributed by atoms with Gasteiger partial charge < -0.3 is 10.6 Å². The summed E-state index contributed by atoms with van der Waals surface area (Å²) >= 11 is 1.84. The number of aryl methyl sites for hydroxylation is 1. The van der Waals surface area contributed by atoms with Crippen molar-refractivity contribution in [2.75, 3.05) is 20.1 Å². The molecule has 1 aromatic rings. The number of hydrogen-bond donors (Lipinski definition) is 1. The Hall–Kier alpha value is -0.380. The summed E-state index contributed by atoms with van der Waals surface area (Å²) in [5.74, 6) is 0. The molecule has 0 atom stereocenters. The van der Waals surface area contributed by atoms with Crippen molar-refractivity contribution in [1.29, 1.82) is 0 Å². The van der Waals surface area contributed by atoms with Crippen molar-refractivity contribution in [3.8, 4) is 0 Å². The molecule has 0 fully saturated rings. The van der Waals surface area contributed by atoms with Crippen molar-refractivity contribution < 1.29 is 0 Å². The van der Waals surface area contributed by atoms with Crippen LogP contribution in [-0.4, -0.2) is 25.0 Å². The molecule has 2 N–H and O–H groups in total. The monoisotopic (exact) mass is 226 g/mol. The summed E-state index contributed by atoms with van der Waals surface area (Å²) in [4.78, 5) is 3.82. The second kappa shape index (κ2) is 5.10. The molecule has 0 aliphatic heterocycles. The SMILES string of the molecule is Cc1ccsc1CN(C)CC(C)(C)CN. The van der Waals surface area contributed by atoms with Gasteiger partial charge in [-0.1, -0.05) is 13.8 Å². The maximum absolute atomic E-state index is 5.73. The average molecular weight is 226 g/mol. The van der Waals surface area contributed by atoms with Crippen LogP contribution in [0.25, 0.3) is 0 Å². The number of rotatable bonds is 5. The highest BCUT2D eigenvalue weighted by molar-refractivity contribution is 7.10. The summed E-state index contributed by atoms with van der Waals surface area (Å²) in [7, 11) is 2.16. The van der Waals surface area contributed by atoms with Gasteiger partial charge in [0.2, 0.25) is 0 Å². The minimum atomic E-state index is 0.208. The Morgan fingerprint density at radius 3 is 2.60 bits per heavy atom. The van der Waals surface area contributed by atoms with Gasteiger partial charge in [0, 0.05) is 18.0 Å². The molecule has 0 spiro atoms. The van der Waals surface area contributed by atoms with E-state index in [2.05, 4.69) is 44.2 Å². The normalized spacial score (nSPS) is 12.4. The molecule has 15 heavy (non-hydrogen) atoms. The summed E-state index contributed by atoms with van der Waals surface area (Å²) in [6, 6.07) is 2.18. The fourth-order valence-electron chi connectivity index (χ4n) is 1.66. The number of hydrogen-bond acceptors (Lipinski definition) is 3. The summed E-state index contributed by atoms with van der Waals surface area (Å²) < 4.78 is 0. The van der Waals surface area contributed by atoms with E-state index in [-0.39, 0.29) is 5.41 Å². The smallest absolute Gasteiger partial charge is 0.0327 e. The lowest BCUT2D eigenvalue weighted by atomic mass is 9.93. The van der Waals surface area contributed by atoms with Crippen LogP contribution in [0.2, 0.25) is 0 Å². The lowest BCUT2D eigenvalue weighted by Crippen LogP contribution is -2.36. The van der Waals surface area contributed by atoms with Crippen molar-refractivity contribution in [1.82, 2.24) is 4.90 Å². The molecule has 3 heteroatoms. The Balaban J connectivity index is 2.50. The molecular formula is C12H22N2S. The van der Waals surface area contributed by atoms with Crippen LogP contribution < -0.4 is 5.73 Å². The fourth-order valence-corrected chi connectivity index (χ4v) is 2.65. The van der Waals surface area contributed by atoms with E-state index in [9.17, 15) is 0 Å². The molecule has 0 radical (unpaired) electrons. The minimum absolute atomic E-state index is 0.208. The van der Waals surface area contributed by atoms with E-state index in [0.29, 0.717) is 0 Å². The van der Waals surface area contributed by atoms with E-state index < -0.39 is 0 Å². The van der Waals surface area contributed by atoms with Gasteiger partial charge in [0.15, 0.2) is 0 Å². The van der Waals surface area contributed by atoms with Gasteiger partial charge in [0.1, 0.15) is 0 Å². The van der Waals surface area contributed by atoms with Crippen molar-refractivity contribution >= 4 is 11.3 Å². The molecule has 0 saturated heterocycles. The van der Waals surface area contributed by atoms with Gasteiger partial charge in [-0.05, 0) is 42.9 Å². The Labute approximate surface area is 97.1 Å². The van der Waals surface area contributed by atoms with E-state index in [1.807, 2.05) is 11.3 Å². The van der Waals surface area contributed by atoms with Gasteiger partial charge in [-0.3, -0.25) is 0 Å². The molecule has 0 bridgehead atoms. The Kier molecular flexibility index (Phi) is 4.32. The molecule has 2 nitrogen and oxygen atoms in total. The second-order valence-electron chi connectivity index (χ2n) is 5.07. The summed E-state index contributed by atoms with van der Waals surface area (Å²) in [5.41, 5.74) is 7.34. The zero-order valence-electron chi connectivity index (χ0n) is 10.2. The standard InChI is InChI=1S/C12H22N2S/c1-10-5-6-15-11(10)7-14(4)9-12(2,3)8-13/h5-6H,7-9,13H2,1-4H3. The first-order valence-electron chi connectivity index (χ1n) is 5.36. The van der Waals surface area contributed by atoms with E-state index in [0.717, 1.165) is 19.6 Å². The highest BCUT2D eigenvalue weighted by Crippen LogP contribution is 2.20. The average Bonchev–Trinajstić information content (AvgIpc) is 2.51. The highest BCUT2D eigenvalue weighted by atomic mass is 32.1. The first-order chi connectivity index (χ1) is 6.94. The van der Waals surface area contributed by atoms with Gasteiger partial charge in [-0.25, -0.2) is 0 Å². The topological polar surface area (TPSA) is 29.3 Å². The van der Waals surface area contributed by atoms with Crippen LogP contribution in [0.1, 0.15) is 24.3 Å². The number of nitrogens with zero attached hydrogens (tertiary/aromatic N) is 1. The predicted octanol–water partition coefficient (Wildman–Crippen LogP) is 2.47. The molecule has 1 rings (SSSR count). The fraction of sp³-hybridized carbons (Fsp3) is 0.667. The third-order valence-electron chi connectivity index (χ3n) is 2.63. The zero-order valence-corrected chi connectivity index (χ0v) is 11.0. The van der Waals surface area contributed by atoms with E-state index in [1.54, 1.807) is 0 Å². The minimum Gasteiger partial charge on any atom is -0.330 e. The van der Waals surface area contributed by atoms with E-state index in [1.165, 1.54) is 10.4 Å². The first kappa shape index (κ1) is 12.7. The molecule has 0 aromatic carbocycles. The molecular weight excluding hydrogens is 204 g/mol. The molecule has 0 aliphatic rings. The largest absolute Gasteiger partial charge is 0.330 e. The van der Waals surface area contributed by atoms with Crippen LogP contribution in [0.15, 0.2) is 11.4 Å². The van der Waals surface area contributed by atoms with Gasteiger partial charge in [-0.2, -0.15) is 0 Å². The number of nitrogens with two attached hydrogens (primary N) is 1. The summed E-state index contributed by atoms with van der Waals surface area (Å²) in [6.45, 7) is 9.41. The maximum Gasteiger partial charge on any atom is 0.0327 e. The summed E-state index contributed by atoms with van der Waals surface area (Å²) in [5, 5.41) is 2.16. The lowest BCUT2D eigenvalue weighted by Gasteiger charge is -2.28. The van der Waals surface area contributed by atoms with Crippen LogP contribution >= 0.6 is 11.3 Å². The molecule has 0 saturated carbocycles. The van der Waals surface area contributed by atoms with Crippen molar-refractivity contribution in [2.24, 2.45) is 11.1 Å². The maximum atomic E-state index is 5.73. The van der Waals surface area contributed by atoms with Gasteiger partial charge in [0.25, 0.3) is 0 Å². The van der Waals surface area contributed by atoms with Crippen LogP contribution in [0.3, 0.4) is 0 Å². The van der Waals surface area contributed by atoms with E-state index >= 15 is 0 Å². The Morgan fingerprint density at radius 1 is 1.47 bits per heavy atom. The molecule has 0 aliphatic carbocycles. The molecule has 0 unspecified atom stereocenters. The molecule has 0 amide bonds. The first-order valence-corrected chi connectivity index (χ1v) is 6.24. The van der Waals surface area contributed by atoms with Gasteiger partial charge >= 0.3 is 0 Å². The third kappa shape index (κ3) is 3.93. The quantitative estimate of drug-likeness (QED) is 0.836. The van der Waals surface area contributed by atoms with Gasteiger partial charge in [-0.15, -0.1) is 11.3 Å². The Morgan fingerprint density at radius 2 is 2.13 bits per heavy atom. The zero-order chi connectivity index (χ0) is 11.5. The van der Waals surface area contributed by atoms with Crippen LogP contribution in [0.4, 0.5) is 0 Å².